The van der Waals surface area contributed by atoms with Crippen LogP contribution in [0.4, 0.5) is 13.2 Å². The van der Waals surface area contributed by atoms with Crippen molar-refractivity contribution in [3.8, 4) is 0 Å². The quantitative estimate of drug-likeness (QED) is 0.915. The van der Waals surface area contributed by atoms with E-state index in [1.807, 2.05) is 12.1 Å². The summed E-state index contributed by atoms with van der Waals surface area (Å²) in [5, 5.41) is 0. The first-order valence-corrected chi connectivity index (χ1v) is 6.76. The van der Waals surface area contributed by atoms with Gasteiger partial charge >= 0.3 is 6.18 Å². The molecule has 0 aliphatic rings. The number of alkyl halides is 3. The van der Waals surface area contributed by atoms with Gasteiger partial charge in [0.05, 0.1) is 5.56 Å². The molecule has 2 N–H and O–H groups in total. The first kappa shape index (κ1) is 15.5. The maximum absolute atomic E-state index is 12.6. The maximum Gasteiger partial charge on any atom is 0.416 e. The van der Waals surface area contributed by atoms with E-state index in [9.17, 15) is 13.2 Å². The fourth-order valence-corrected chi connectivity index (χ4v) is 2.18. The Hall–Kier alpha value is -1.88. The average molecular weight is 294 g/mol. The summed E-state index contributed by atoms with van der Waals surface area (Å²) in [6.07, 6.45) is 1.08. The van der Waals surface area contributed by atoms with E-state index >= 15 is 0 Å². The highest BCUT2D eigenvalue weighted by atomic mass is 19.4. The van der Waals surface area contributed by atoms with Gasteiger partial charge in [0.2, 0.25) is 0 Å². The molecule has 0 radical (unpaired) electrons. The molecule has 1 aromatic carbocycles. The summed E-state index contributed by atoms with van der Waals surface area (Å²) in [4.78, 5) is 3.94. The second-order valence-electron chi connectivity index (χ2n) is 5.06. The van der Waals surface area contributed by atoms with Crippen molar-refractivity contribution in [3.05, 3.63) is 65.5 Å². The third-order valence-corrected chi connectivity index (χ3v) is 3.31. The predicted octanol–water partition coefficient (Wildman–Crippen LogP) is 3.60. The Balaban J connectivity index is 1.92. The molecule has 21 heavy (non-hydrogen) atoms. The third-order valence-electron chi connectivity index (χ3n) is 3.31. The highest BCUT2D eigenvalue weighted by Crippen LogP contribution is 2.29. The molecule has 0 saturated heterocycles. The summed E-state index contributed by atoms with van der Waals surface area (Å²) in [6.45, 7) is 0. The molecule has 0 aliphatic carbocycles. The van der Waals surface area contributed by atoms with Crippen molar-refractivity contribution in [2.75, 3.05) is 0 Å². The van der Waals surface area contributed by atoms with Crippen molar-refractivity contribution in [3.63, 3.8) is 0 Å². The Bertz CT molecular complexity index is 567. The Morgan fingerprint density at radius 1 is 1.05 bits per heavy atom. The van der Waals surface area contributed by atoms with E-state index in [4.69, 9.17) is 5.73 Å². The molecule has 1 atom stereocenters. The Morgan fingerprint density at radius 3 is 2.43 bits per heavy atom. The van der Waals surface area contributed by atoms with Crippen LogP contribution in [-0.2, 0) is 19.0 Å². The number of hydrogen-bond donors (Lipinski definition) is 1. The van der Waals surface area contributed by atoms with Crippen molar-refractivity contribution >= 4 is 0 Å². The number of halogens is 3. The number of benzene rings is 1. The molecule has 2 nitrogen and oxygen atoms in total. The summed E-state index contributed by atoms with van der Waals surface area (Å²) in [5.41, 5.74) is 7.14. The molecule has 112 valence electrons. The molecule has 5 heteroatoms. The van der Waals surface area contributed by atoms with Gasteiger partial charge in [-0.05, 0) is 48.6 Å². The number of aromatic nitrogens is 1. The van der Waals surface area contributed by atoms with Crippen molar-refractivity contribution in [2.45, 2.75) is 31.5 Å². The minimum absolute atomic E-state index is 0.165. The van der Waals surface area contributed by atoms with Gasteiger partial charge in [-0.15, -0.1) is 0 Å². The predicted molar refractivity (Wildman–Crippen MR) is 75.7 cm³/mol. The van der Waals surface area contributed by atoms with Gasteiger partial charge in [0.15, 0.2) is 0 Å². The lowest BCUT2D eigenvalue weighted by Crippen LogP contribution is -2.23. The highest BCUT2D eigenvalue weighted by Gasteiger charge is 2.30. The van der Waals surface area contributed by atoms with E-state index in [2.05, 4.69) is 4.98 Å². The molecule has 1 heterocycles. The van der Waals surface area contributed by atoms with Crippen molar-refractivity contribution in [1.82, 2.24) is 4.98 Å². The normalized spacial score (nSPS) is 13.1. The van der Waals surface area contributed by atoms with E-state index in [0.717, 1.165) is 24.5 Å². The average Bonchev–Trinajstić information content (AvgIpc) is 2.46. The van der Waals surface area contributed by atoms with Crippen LogP contribution >= 0.6 is 0 Å². The molecule has 0 amide bonds. The van der Waals surface area contributed by atoms with Crippen molar-refractivity contribution in [2.24, 2.45) is 5.73 Å². The van der Waals surface area contributed by atoms with Crippen LogP contribution in [-0.4, -0.2) is 11.0 Å². The zero-order valence-corrected chi connectivity index (χ0v) is 11.5. The minimum Gasteiger partial charge on any atom is -0.327 e. The van der Waals surface area contributed by atoms with Gasteiger partial charge in [0, 0.05) is 18.4 Å². The fraction of sp³-hybridized carbons (Fsp3) is 0.312. The SMILES string of the molecule is NC(CCc1ccncc1)Cc1cccc(C(F)(F)F)c1. The summed E-state index contributed by atoms with van der Waals surface area (Å²) in [6, 6.07) is 9.02. The molecular weight excluding hydrogens is 277 g/mol. The summed E-state index contributed by atoms with van der Waals surface area (Å²) in [7, 11) is 0. The molecule has 1 aromatic heterocycles. The monoisotopic (exact) mass is 294 g/mol. The summed E-state index contributed by atoms with van der Waals surface area (Å²) < 4.78 is 37.9. The summed E-state index contributed by atoms with van der Waals surface area (Å²) >= 11 is 0. The zero-order chi connectivity index (χ0) is 15.3. The van der Waals surface area contributed by atoms with Crippen LogP contribution in [0.25, 0.3) is 0 Å². The van der Waals surface area contributed by atoms with Gasteiger partial charge in [-0.2, -0.15) is 13.2 Å². The summed E-state index contributed by atoms with van der Waals surface area (Å²) in [5.74, 6) is 0. The van der Waals surface area contributed by atoms with Crippen LogP contribution in [0.2, 0.25) is 0 Å². The van der Waals surface area contributed by atoms with Crippen molar-refractivity contribution in [1.29, 1.82) is 0 Å². The number of hydrogen-bond acceptors (Lipinski definition) is 2. The smallest absolute Gasteiger partial charge is 0.327 e. The van der Waals surface area contributed by atoms with Crippen LogP contribution < -0.4 is 5.73 Å². The van der Waals surface area contributed by atoms with E-state index < -0.39 is 11.7 Å². The standard InChI is InChI=1S/C16H17F3N2/c17-16(18,19)14-3-1-2-13(10-14)11-15(20)5-4-12-6-8-21-9-7-12/h1-3,6-10,15H,4-5,11,20H2. The number of nitrogens with two attached hydrogens (primary N) is 1. The van der Waals surface area contributed by atoms with Gasteiger partial charge in [-0.25, -0.2) is 0 Å². The van der Waals surface area contributed by atoms with Gasteiger partial charge in [0.1, 0.15) is 0 Å². The van der Waals surface area contributed by atoms with Crippen LogP contribution in [0.15, 0.2) is 48.8 Å². The van der Waals surface area contributed by atoms with Crippen molar-refractivity contribution < 1.29 is 13.2 Å². The van der Waals surface area contributed by atoms with Gasteiger partial charge < -0.3 is 5.73 Å². The first-order valence-electron chi connectivity index (χ1n) is 6.76. The third kappa shape index (κ3) is 4.86. The van der Waals surface area contributed by atoms with Crippen LogP contribution in [0.5, 0.6) is 0 Å². The largest absolute Gasteiger partial charge is 0.416 e. The van der Waals surface area contributed by atoms with Gasteiger partial charge in [-0.3, -0.25) is 4.98 Å². The van der Waals surface area contributed by atoms with E-state index in [-0.39, 0.29) is 6.04 Å². The van der Waals surface area contributed by atoms with Gasteiger partial charge in [-0.1, -0.05) is 18.2 Å². The second kappa shape index (κ2) is 6.72. The molecule has 0 fully saturated rings. The lowest BCUT2D eigenvalue weighted by atomic mass is 9.99. The molecule has 0 spiro atoms. The van der Waals surface area contributed by atoms with E-state index in [1.54, 1.807) is 18.5 Å². The zero-order valence-electron chi connectivity index (χ0n) is 11.5. The molecule has 2 rings (SSSR count). The lowest BCUT2D eigenvalue weighted by molar-refractivity contribution is -0.137. The number of pyridine rings is 1. The molecular formula is C16H17F3N2. The number of rotatable bonds is 5. The van der Waals surface area contributed by atoms with Crippen LogP contribution in [0.3, 0.4) is 0 Å². The number of nitrogens with zero attached hydrogens (tertiary/aromatic N) is 1. The molecule has 2 aromatic rings. The fourth-order valence-electron chi connectivity index (χ4n) is 2.18. The number of aryl methyl sites for hydroxylation is 1. The second-order valence-corrected chi connectivity index (χ2v) is 5.06. The highest BCUT2D eigenvalue weighted by molar-refractivity contribution is 5.26. The van der Waals surface area contributed by atoms with E-state index in [1.165, 1.54) is 12.1 Å². The first-order chi connectivity index (χ1) is 9.95. The Morgan fingerprint density at radius 2 is 1.76 bits per heavy atom. The lowest BCUT2D eigenvalue weighted by Gasteiger charge is -2.13. The molecule has 1 unspecified atom stereocenters. The maximum atomic E-state index is 12.6. The molecule has 0 saturated carbocycles. The molecule has 0 aliphatic heterocycles. The van der Waals surface area contributed by atoms with Crippen LogP contribution in [0, 0.1) is 0 Å². The molecule has 0 bridgehead atoms. The van der Waals surface area contributed by atoms with E-state index in [0.29, 0.717) is 12.0 Å². The topological polar surface area (TPSA) is 38.9 Å². The Kier molecular flexibility index (Phi) is 4.96. The van der Waals surface area contributed by atoms with Gasteiger partial charge in [0.25, 0.3) is 0 Å². The van der Waals surface area contributed by atoms with Crippen LogP contribution in [0.1, 0.15) is 23.1 Å². The Labute approximate surface area is 121 Å². The minimum atomic E-state index is -4.31.